The average molecular weight is 463 g/mol. The molecule has 164 valence electrons. The molecule has 35 heavy (non-hydrogen) atoms. The molecule has 0 radical (unpaired) electrons. The maximum absolute atomic E-state index is 2.29. The lowest BCUT2D eigenvalue weighted by Gasteiger charge is -2.21. The first kappa shape index (κ1) is 20.3. The van der Waals surface area contributed by atoms with E-state index in [-0.39, 0.29) is 0 Å². The molecule has 0 atom stereocenters. The fourth-order valence-electron chi connectivity index (χ4n) is 5.16. The van der Waals surface area contributed by atoms with Crippen molar-refractivity contribution < 1.29 is 0 Å². The number of hydrogen-bond donors (Lipinski definition) is 0. The normalized spacial score (nSPS) is 11.9. The van der Waals surface area contributed by atoms with Gasteiger partial charge >= 0.3 is 0 Å². The van der Waals surface area contributed by atoms with E-state index in [1.807, 2.05) is 11.8 Å². The molecule has 0 aliphatic carbocycles. The van der Waals surface area contributed by atoms with Gasteiger partial charge in [0.25, 0.3) is 0 Å². The molecule has 6 aromatic rings. The molecular weight excluding hydrogens is 440 g/mol. The van der Waals surface area contributed by atoms with Crippen LogP contribution in [-0.2, 0) is 0 Å². The SMILES string of the molecule is c1ccc(-c2ccc(-c3ccc(-c4ccc5c6c(cccc46)-c4ccccc4S5)cc3)cc2)cc1. The standard InChI is InChI=1S/C34H22S/c1-2-7-23(8-3-1)24-13-15-25(16-14-24)26-17-19-27(20-18-26)28-21-22-33-34-30(28)10-6-11-31(34)29-9-4-5-12-32(29)35-33/h1-22H. The predicted octanol–water partition coefficient (Wildman–Crippen LogP) is 9.97. The van der Waals surface area contributed by atoms with E-state index in [0.717, 1.165) is 0 Å². The second-order valence-electron chi connectivity index (χ2n) is 8.96. The second kappa shape index (κ2) is 8.30. The predicted molar refractivity (Wildman–Crippen MR) is 150 cm³/mol. The largest absolute Gasteiger partial charge is 0.0888 e. The lowest BCUT2D eigenvalue weighted by molar-refractivity contribution is 1.40. The molecule has 0 nitrogen and oxygen atoms in total. The molecule has 0 fully saturated rings. The third-order valence-corrected chi connectivity index (χ3v) is 8.06. The Hall–Kier alpha value is -4.07. The first-order valence-electron chi connectivity index (χ1n) is 11.9. The van der Waals surface area contributed by atoms with Crippen molar-refractivity contribution in [1.82, 2.24) is 0 Å². The van der Waals surface area contributed by atoms with Gasteiger partial charge in [-0.05, 0) is 62.0 Å². The first-order valence-corrected chi connectivity index (χ1v) is 12.8. The average Bonchev–Trinajstić information content (AvgIpc) is 2.94. The summed E-state index contributed by atoms with van der Waals surface area (Å²) in [6.45, 7) is 0. The van der Waals surface area contributed by atoms with Crippen LogP contribution in [0.3, 0.4) is 0 Å². The molecule has 1 heteroatoms. The maximum Gasteiger partial charge on any atom is 0.0207 e. The molecule has 0 aromatic heterocycles. The third kappa shape index (κ3) is 3.48. The van der Waals surface area contributed by atoms with Gasteiger partial charge in [0.05, 0.1) is 0 Å². The van der Waals surface area contributed by atoms with Gasteiger partial charge in [-0.1, -0.05) is 133 Å². The molecule has 0 amide bonds. The van der Waals surface area contributed by atoms with Gasteiger partial charge in [0.1, 0.15) is 0 Å². The summed E-state index contributed by atoms with van der Waals surface area (Å²) in [5.41, 5.74) is 10.2. The monoisotopic (exact) mass is 462 g/mol. The van der Waals surface area contributed by atoms with E-state index in [2.05, 4.69) is 133 Å². The number of rotatable bonds is 3. The van der Waals surface area contributed by atoms with Crippen molar-refractivity contribution in [3.63, 3.8) is 0 Å². The molecule has 0 bridgehead atoms. The highest BCUT2D eigenvalue weighted by atomic mass is 32.2. The van der Waals surface area contributed by atoms with E-state index in [1.165, 1.54) is 65.1 Å². The van der Waals surface area contributed by atoms with Gasteiger partial charge in [-0.25, -0.2) is 0 Å². The first-order chi connectivity index (χ1) is 17.3. The molecule has 1 heterocycles. The van der Waals surface area contributed by atoms with Crippen molar-refractivity contribution >= 4 is 22.5 Å². The van der Waals surface area contributed by atoms with Crippen molar-refractivity contribution in [1.29, 1.82) is 0 Å². The topological polar surface area (TPSA) is 0 Å². The van der Waals surface area contributed by atoms with Crippen LogP contribution in [0.1, 0.15) is 0 Å². The van der Waals surface area contributed by atoms with Crippen LogP contribution in [-0.4, -0.2) is 0 Å². The van der Waals surface area contributed by atoms with Gasteiger partial charge in [-0.3, -0.25) is 0 Å². The Balaban J connectivity index is 1.26. The van der Waals surface area contributed by atoms with Crippen molar-refractivity contribution in [2.45, 2.75) is 9.79 Å². The Morgan fingerprint density at radius 3 is 1.60 bits per heavy atom. The Bertz CT molecular complexity index is 1680. The highest BCUT2D eigenvalue weighted by molar-refractivity contribution is 7.99. The smallest absolute Gasteiger partial charge is 0.0207 e. The highest BCUT2D eigenvalue weighted by Gasteiger charge is 2.20. The minimum absolute atomic E-state index is 1.24. The molecule has 0 spiro atoms. The summed E-state index contributed by atoms with van der Waals surface area (Å²) in [5.74, 6) is 0. The highest BCUT2D eigenvalue weighted by Crippen LogP contribution is 2.49. The maximum atomic E-state index is 2.29. The number of benzene rings is 6. The number of hydrogen-bond acceptors (Lipinski definition) is 1. The lowest BCUT2D eigenvalue weighted by atomic mass is 9.91. The Labute approximate surface area is 209 Å². The summed E-state index contributed by atoms with van der Waals surface area (Å²) in [4.78, 5) is 2.68. The van der Waals surface area contributed by atoms with Crippen LogP contribution in [0, 0.1) is 0 Å². The number of fused-ring (bicyclic) bond motifs is 2. The van der Waals surface area contributed by atoms with E-state index in [0.29, 0.717) is 0 Å². The van der Waals surface area contributed by atoms with Crippen molar-refractivity contribution in [3.8, 4) is 44.5 Å². The molecule has 1 aliphatic rings. The molecule has 1 aliphatic heterocycles. The quantitative estimate of drug-likeness (QED) is 0.252. The van der Waals surface area contributed by atoms with Gasteiger partial charge in [0.15, 0.2) is 0 Å². The zero-order chi connectivity index (χ0) is 23.2. The zero-order valence-corrected chi connectivity index (χ0v) is 19.9. The fraction of sp³-hybridized carbons (Fsp3) is 0. The van der Waals surface area contributed by atoms with E-state index >= 15 is 0 Å². The van der Waals surface area contributed by atoms with Crippen LogP contribution in [0.25, 0.3) is 55.3 Å². The molecule has 0 N–H and O–H groups in total. The minimum atomic E-state index is 1.24. The lowest BCUT2D eigenvalue weighted by Crippen LogP contribution is -1.94. The summed E-state index contributed by atoms with van der Waals surface area (Å²) in [6, 6.07) is 48.4. The van der Waals surface area contributed by atoms with Crippen LogP contribution < -0.4 is 0 Å². The zero-order valence-electron chi connectivity index (χ0n) is 19.1. The third-order valence-electron chi connectivity index (χ3n) is 6.92. The van der Waals surface area contributed by atoms with Crippen molar-refractivity contribution in [2.75, 3.05) is 0 Å². The fourth-order valence-corrected chi connectivity index (χ4v) is 6.29. The van der Waals surface area contributed by atoms with Gasteiger partial charge < -0.3 is 0 Å². The summed E-state index contributed by atoms with van der Waals surface area (Å²) < 4.78 is 0. The Kier molecular flexibility index (Phi) is 4.82. The second-order valence-corrected chi connectivity index (χ2v) is 10.0. The molecule has 0 saturated heterocycles. The van der Waals surface area contributed by atoms with Gasteiger partial charge in [-0.2, -0.15) is 0 Å². The van der Waals surface area contributed by atoms with Crippen molar-refractivity contribution in [2.24, 2.45) is 0 Å². The molecular formula is C34H22S. The van der Waals surface area contributed by atoms with E-state index in [1.54, 1.807) is 0 Å². The minimum Gasteiger partial charge on any atom is -0.0888 e. The Morgan fingerprint density at radius 2 is 0.886 bits per heavy atom. The molecule has 0 unspecified atom stereocenters. The van der Waals surface area contributed by atoms with E-state index in [9.17, 15) is 0 Å². The van der Waals surface area contributed by atoms with E-state index in [4.69, 9.17) is 0 Å². The van der Waals surface area contributed by atoms with Gasteiger partial charge in [0, 0.05) is 15.2 Å². The summed E-state index contributed by atoms with van der Waals surface area (Å²) >= 11 is 1.88. The summed E-state index contributed by atoms with van der Waals surface area (Å²) in [7, 11) is 0. The van der Waals surface area contributed by atoms with Crippen LogP contribution in [0.5, 0.6) is 0 Å². The Morgan fingerprint density at radius 1 is 0.314 bits per heavy atom. The van der Waals surface area contributed by atoms with Crippen LogP contribution >= 0.6 is 11.8 Å². The molecule has 0 saturated carbocycles. The van der Waals surface area contributed by atoms with Gasteiger partial charge in [-0.15, -0.1) is 0 Å². The molecule has 6 aromatic carbocycles. The molecule has 7 rings (SSSR count). The van der Waals surface area contributed by atoms with Crippen LogP contribution in [0.2, 0.25) is 0 Å². The van der Waals surface area contributed by atoms with Crippen molar-refractivity contribution in [3.05, 3.63) is 133 Å². The van der Waals surface area contributed by atoms with E-state index < -0.39 is 0 Å². The van der Waals surface area contributed by atoms with Crippen LogP contribution in [0.15, 0.2) is 143 Å². The van der Waals surface area contributed by atoms with Crippen LogP contribution in [0.4, 0.5) is 0 Å². The summed E-state index contributed by atoms with van der Waals surface area (Å²) in [5, 5.41) is 2.69. The summed E-state index contributed by atoms with van der Waals surface area (Å²) in [6.07, 6.45) is 0. The van der Waals surface area contributed by atoms with Gasteiger partial charge in [0.2, 0.25) is 0 Å².